The highest BCUT2D eigenvalue weighted by Gasteiger charge is 2.31. The molecular weight excluding hydrogens is 347 g/mol. The Morgan fingerprint density at radius 3 is 2.50 bits per heavy atom. The monoisotopic (exact) mass is 366 g/mol. The Balaban J connectivity index is 1.65. The third-order valence-electron chi connectivity index (χ3n) is 4.89. The standard InChI is InChI=1S/C18H20Cl2N2O2/c1-2-17(23)21-6-3-12(4-7-21)18(24)22-8-5-13-9-14(19)10-16(20)15(13)11-22/h2,9-10,12H,1,3-8,11H2. The summed E-state index contributed by atoms with van der Waals surface area (Å²) in [4.78, 5) is 28.1. The van der Waals surface area contributed by atoms with Gasteiger partial charge >= 0.3 is 0 Å². The average Bonchev–Trinajstić information content (AvgIpc) is 2.60. The normalized spacial score (nSPS) is 18.2. The van der Waals surface area contributed by atoms with Crippen LogP contribution in [-0.2, 0) is 22.6 Å². The molecule has 2 heterocycles. The van der Waals surface area contributed by atoms with Gasteiger partial charge in [-0.05, 0) is 48.6 Å². The molecule has 0 radical (unpaired) electrons. The Bertz CT molecular complexity index is 682. The van der Waals surface area contributed by atoms with E-state index < -0.39 is 0 Å². The van der Waals surface area contributed by atoms with Crippen LogP contribution in [0.15, 0.2) is 24.8 Å². The number of fused-ring (bicyclic) bond motifs is 1. The SMILES string of the molecule is C=CC(=O)N1CCC(C(=O)N2CCc3cc(Cl)cc(Cl)c3C2)CC1. The molecule has 0 N–H and O–H groups in total. The highest BCUT2D eigenvalue weighted by molar-refractivity contribution is 6.35. The van der Waals surface area contributed by atoms with Crippen molar-refractivity contribution in [1.29, 1.82) is 0 Å². The van der Waals surface area contributed by atoms with Gasteiger partial charge in [0.25, 0.3) is 0 Å². The Labute approximate surface area is 152 Å². The maximum absolute atomic E-state index is 12.8. The molecule has 2 amide bonds. The number of amides is 2. The molecule has 3 rings (SSSR count). The van der Waals surface area contributed by atoms with E-state index in [4.69, 9.17) is 23.2 Å². The number of halogens is 2. The lowest BCUT2D eigenvalue weighted by Crippen LogP contribution is -2.45. The molecule has 1 aromatic rings. The van der Waals surface area contributed by atoms with Crippen LogP contribution in [0.3, 0.4) is 0 Å². The lowest BCUT2D eigenvalue weighted by atomic mass is 9.93. The van der Waals surface area contributed by atoms with Crippen molar-refractivity contribution in [3.05, 3.63) is 46.0 Å². The smallest absolute Gasteiger partial charge is 0.245 e. The van der Waals surface area contributed by atoms with Gasteiger partial charge in [0.05, 0.1) is 0 Å². The maximum Gasteiger partial charge on any atom is 0.245 e. The minimum atomic E-state index is -0.0588. The summed E-state index contributed by atoms with van der Waals surface area (Å²) in [6.45, 7) is 5.96. The number of carbonyl (C=O) groups excluding carboxylic acids is 2. The van der Waals surface area contributed by atoms with E-state index in [9.17, 15) is 9.59 Å². The van der Waals surface area contributed by atoms with E-state index in [2.05, 4.69) is 6.58 Å². The van der Waals surface area contributed by atoms with E-state index in [1.54, 1.807) is 11.0 Å². The third kappa shape index (κ3) is 3.45. The van der Waals surface area contributed by atoms with Gasteiger partial charge in [-0.1, -0.05) is 29.8 Å². The van der Waals surface area contributed by atoms with E-state index in [1.165, 1.54) is 6.08 Å². The van der Waals surface area contributed by atoms with Crippen LogP contribution in [0.1, 0.15) is 24.0 Å². The molecule has 4 nitrogen and oxygen atoms in total. The third-order valence-corrected chi connectivity index (χ3v) is 5.45. The first kappa shape index (κ1) is 17.3. The van der Waals surface area contributed by atoms with Crippen LogP contribution < -0.4 is 0 Å². The number of hydrogen-bond donors (Lipinski definition) is 0. The maximum atomic E-state index is 12.8. The molecule has 1 aromatic carbocycles. The van der Waals surface area contributed by atoms with Crippen molar-refractivity contribution in [2.24, 2.45) is 5.92 Å². The lowest BCUT2D eigenvalue weighted by Gasteiger charge is -2.36. The molecule has 0 atom stereocenters. The van der Waals surface area contributed by atoms with Crippen LogP contribution in [0.4, 0.5) is 0 Å². The van der Waals surface area contributed by atoms with E-state index in [0.29, 0.717) is 49.1 Å². The number of likely N-dealkylation sites (tertiary alicyclic amines) is 1. The summed E-state index contributed by atoms with van der Waals surface area (Å²) in [5, 5.41) is 1.26. The topological polar surface area (TPSA) is 40.6 Å². The first-order valence-corrected chi connectivity index (χ1v) is 8.92. The van der Waals surface area contributed by atoms with Crippen molar-refractivity contribution >= 4 is 35.0 Å². The molecule has 2 aliphatic heterocycles. The van der Waals surface area contributed by atoms with Gasteiger partial charge in [0, 0.05) is 42.1 Å². The fourth-order valence-electron chi connectivity index (χ4n) is 3.50. The number of nitrogens with zero attached hydrogens (tertiary/aromatic N) is 2. The summed E-state index contributed by atoms with van der Waals surface area (Å²) in [6.07, 6.45) is 3.51. The van der Waals surface area contributed by atoms with Crippen LogP contribution in [-0.4, -0.2) is 41.2 Å². The van der Waals surface area contributed by atoms with Crippen molar-refractivity contribution in [3.63, 3.8) is 0 Å². The molecule has 0 unspecified atom stereocenters. The number of carbonyl (C=O) groups is 2. The summed E-state index contributed by atoms with van der Waals surface area (Å²) in [5.74, 6) is 0.0836. The first-order chi connectivity index (χ1) is 11.5. The van der Waals surface area contributed by atoms with Crippen molar-refractivity contribution in [1.82, 2.24) is 9.80 Å². The highest BCUT2D eigenvalue weighted by atomic mass is 35.5. The Morgan fingerprint density at radius 1 is 1.12 bits per heavy atom. The Hall–Kier alpha value is -1.52. The second-order valence-corrected chi connectivity index (χ2v) is 7.18. The van der Waals surface area contributed by atoms with Crippen LogP contribution in [0.2, 0.25) is 10.0 Å². The van der Waals surface area contributed by atoms with E-state index in [-0.39, 0.29) is 17.7 Å². The first-order valence-electron chi connectivity index (χ1n) is 8.16. The van der Waals surface area contributed by atoms with Gasteiger partial charge in [0.2, 0.25) is 11.8 Å². The molecule has 24 heavy (non-hydrogen) atoms. The number of benzene rings is 1. The number of hydrogen-bond acceptors (Lipinski definition) is 2. The second-order valence-electron chi connectivity index (χ2n) is 6.34. The number of piperidine rings is 1. The molecule has 0 saturated carbocycles. The molecule has 0 bridgehead atoms. The zero-order chi connectivity index (χ0) is 17.3. The van der Waals surface area contributed by atoms with Crippen molar-refractivity contribution in [3.8, 4) is 0 Å². The van der Waals surface area contributed by atoms with Gasteiger partial charge in [-0.3, -0.25) is 9.59 Å². The molecule has 0 aliphatic carbocycles. The van der Waals surface area contributed by atoms with E-state index in [0.717, 1.165) is 17.5 Å². The van der Waals surface area contributed by atoms with Gasteiger partial charge in [-0.15, -0.1) is 0 Å². The highest BCUT2D eigenvalue weighted by Crippen LogP contribution is 2.31. The lowest BCUT2D eigenvalue weighted by molar-refractivity contribution is -0.140. The minimum absolute atomic E-state index is 0.0218. The molecule has 2 aliphatic rings. The van der Waals surface area contributed by atoms with Crippen molar-refractivity contribution in [2.45, 2.75) is 25.8 Å². The predicted molar refractivity (Wildman–Crippen MR) is 95.1 cm³/mol. The summed E-state index contributed by atoms with van der Waals surface area (Å²) in [7, 11) is 0. The van der Waals surface area contributed by atoms with Gasteiger partial charge in [-0.25, -0.2) is 0 Å². The molecule has 1 fully saturated rings. The fraction of sp³-hybridized carbons (Fsp3) is 0.444. The molecule has 1 saturated heterocycles. The molecule has 128 valence electrons. The molecular formula is C18H20Cl2N2O2. The summed E-state index contributed by atoms with van der Waals surface area (Å²) >= 11 is 12.3. The number of rotatable bonds is 2. The minimum Gasteiger partial charge on any atom is -0.339 e. The fourth-order valence-corrected chi connectivity index (χ4v) is 4.10. The zero-order valence-electron chi connectivity index (χ0n) is 13.4. The summed E-state index contributed by atoms with van der Waals surface area (Å²) < 4.78 is 0. The average molecular weight is 367 g/mol. The van der Waals surface area contributed by atoms with Gasteiger partial charge < -0.3 is 9.80 Å². The largest absolute Gasteiger partial charge is 0.339 e. The summed E-state index contributed by atoms with van der Waals surface area (Å²) in [6, 6.07) is 3.67. The van der Waals surface area contributed by atoms with E-state index >= 15 is 0 Å². The quantitative estimate of drug-likeness (QED) is 0.753. The van der Waals surface area contributed by atoms with Gasteiger partial charge in [0.15, 0.2) is 0 Å². The molecule has 0 aromatic heterocycles. The zero-order valence-corrected chi connectivity index (χ0v) is 14.9. The van der Waals surface area contributed by atoms with Crippen molar-refractivity contribution in [2.75, 3.05) is 19.6 Å². The van der Waals surface area contributed by atoms with Crippen LogP contribution in [0.25, 0.3) is 0 Å². The Kier molecular flexibility index (Phi) is 5.16. The second kappa shape index (κ2) is 7.16. The predicted octanol–water partition coefficient (Wildman–Crippen LogP) is 3.30. The Morgan fingerprint density at radius 2 is 1.83 bits per heavy atom. The van der Waals surface area contributed by atoms with Crippen molar-refractivity contribution < 1.29 is 9.59 Å². The van der Waals surface area contributed by atoms with Gasteiger partial charge in [-0.2, -0.15) is 0 Å². The van der Waals surface area contributed by atoms with Gasteiger partial charge in [0.1, 0.15) is 0 Å². The van der Waals surface area contributed by atoms with Crippen LogP contribution >= 0.6 is 23.2 Å². The molecule has 0 spiro atoms. The van der Waals surface area contributed by atoms with E-state index in [1.807, 2.05) is 11.0 Å². The summed E-state index contributed by atoms with van der Waals surface area (Å²) in [5.41, 5.74) is 2.13. The van der Waals surface area contributed by atoms with Crippen LogP contribution in [0.5, 0.6) is 0 Å². The molecule has 6 heteroatoms. The van der Waals surface area contributed by atoms with Crippen LogP contribution in [0, 0.1) is 5.92 Å².